The van der Waals surface area contributed by atoms with Crippen LogP contribution < -0.4 is 10.2 Å². The smallest absolute Gasteiger partial charge is 0.224 e. The van der Waals surface area contributed by atoms with Crippen LogP contribution in [0.4, 0.5) is 14.7 Å². The van der Waals surface area contributed by atoms with E-state index in [0.717, 1.165) is 12.1 Å². The number of fused-ring (bicyclic) bond motifs is 1. The Hall–Kier alpha value is -3.08. The van der Waals surface area contributed by atoms with E-state index in [0.29, 0.717) is 40.6 Å². The van der Waals surface area contributed by atoms with Crippen LogP contribution in [0.1, 0.15) is 19.0 Å². The lowest BCUT2D eigenvalue weighted by atomic mass is 10.2. The summed E-state index contributed by atoms with van der Waals surface area (Å²) in [5.74, 6) is -1.00. The molecular formula is C19H21F2N5O3S. The van der Waals surface area contributed by atoms with Crippen LogP contribution in [-0.2, 0) is 16.9 Å². The molecule has 0 saturated heterocycles. The third-order valence-corrected chi connectivity index (χ3v) is 5.31. The molecule has 8 nitrogen and oxygen atoms in total. The Labute approximate surface area is 172 Å². The molecule has 1 aromatic carbocycles. The molecule has 2 heterocycles. The minimum atomic E-state index is -3.00. The standard InChI is InChI=1S/C19H21F2N5O3S/c1-12(16-6-5-13(11-22-16)29-7-4-8-30(3,27)28)24-25-19-23-17-9-14(20)15(21)10-18(17)26(19)2/h5-6,9-11H,4,7-8H2,1-3H3,(H,23,25)/b24-12+. The zero-order chi connectivity index (χ0) is 21.9. The van der Waals surface area contributed by atoms with E-state index in [4.69, 9.17) is 4.74 Å². The van der Waals surface area contributed by atoms with Gasteiger partial charge in [-0.15, -0.1) is 0 Å². The molecule has 2 aromatic heterocycles. The zero-order valence-corrected chi connectivity index (χ0v) is 17.5. The van der Waals surface area contributed by atoms with E-state index in [2.05, 4.69) is 20.5 Å². The SMILES string of the molecule is C/C(=N\Nc1nc2cc(F)c(F)cc2n1C)c1ccc(OCCCS(C)(=O)=O)cn1. The number of halogens is 2. The molecule has 0 amide bonds. The van der Waals surface area contributed by atoms with E-state index in [1.807, 2.05) is 0 Å². The van der Waals surface area contributed by atoms with E-state index in [9.17, 15) is 17.2 Å². The Balaban J connectivity index is 1.64. The van der Waals surface area contributed by atoms with Crippen molar-refractivity contribution >= 4 is 32.5 Å². The summed E-state index contributed by atoms with van der Waals surface area (Å²) in [4.78, 5) is 8.47. The molecule has 3 rings (SSSR count). The minimum absolute atomic E-state index is 0.0669. The molecule has 3 aromatic rings. The molecular weight excluding hydrogens is 416 g/mol. The highest BCUT2D eigenvalue weighted by atomic mass is 32.2. The van der Waals surface area contributed by atoms with Crippen molar-refractivity contribution in [1.29, 1.82) is 0 Å². The number of benzene rings is 1. The van der Waals surface area contributed by atoms with Gasteiger partial charge < -0.3 is 9.30 Å². The van der Waals surface area contributed by atoms with Crippen molar-refractivity contribution in [3.63, 3.8) is 0 Å². The van der Waals surface area contributed by atoms with Gasteiger partial charge >= 0.3 is 0 Å². The largest absolute Gasteiger partial charge is 0.492 e. The summed E-state index contributed by atoms with van der Waals surface area (Å²) < 4.78 is 56.1. The summed E-state index contributed by atoms with van der Waals surface area (Å²) in [5.41, 5.74) is 4.66. The van der Waals surface area contributed by atoms with Gasteiger partial charge in [-0.1, -0.05) is 0 Å². The van der Waals surface area contributed by atoms with Crippen molar-refractivity contribution in [2.45, 2.75) is 13.3 Å². The lowest BCUT2D eigenvalue weighted by Gasteiger charge is -2.07. The topological polar surface area (TPSA) is 98.5 Å². The number of nitrogens with one attached hydrogen (secondary N) is 1. The summed E-state index contributed by atoms with van der Waals surface area (Å²) >= 11 is 0. The lowest BCUT2D eigenvalue weighted by Crippen LogP contribution is -2.08. The number of sulfone groups is 1. The van der Waals surface area contributed by atoms with Crippen LogP contribution in [0, 0.1) is 11.6 Å². The average Bonchev–Trinajstić information content (AvgIpc) is 2.98. The number of pyridine rings is 1. The van der Waals surface area contributed by atoms with Gasteiger partial charge in [0.15, 0.2) is 11.6 Å². The van der Waals surface area contributed by atoms with Crippen molar-refractivity contribution in [3.05, 3.63) is 47.8 Å². The Kier molecular flexibility index (Phi) is 6.30. The third-order valence-electron chi connectivity index (χ3n) is 4.28. The first-order valence-corrected chi connectivity index (χ1v) is 11.1. The van der Waals surface area contributed by atoms with Crippen molar-refractivity contribution in [2.75, 3.05) is 24.0 Å². The summed E-state index contributed by atoms with van der Waals surface area (Å²) in [7, 11) is -1.34. The van der Waals surface area contributed by atoms with Crippen molar-refractivity contribution in [2.24, 2.45) is 12.1 Å². The van der Waals surface area contributed by atoms with Gasteiger partial charge in [-0.2, -0.15) is 5.10 Å². The summed E-state index contributed by atoms with van der Waals surface area (Å²) in [5, 5.41) is 4.22. The lowest BCUT2D eigenvalue weighted by molar-refractivity contribution is 0.316. The van der Waals surface area contributed by atoms with E-state index < -0.39 is 21.5 Å². The fraction of sp³-hybridized carbons (Fsp3) is 0.316. The molecule has 160 valence electrons. The van der Waals surface area contributed by atoms with Crippen molar-refractivity contribution in [1.82, 2.24) is 14.5 Å². The Morgan fingerprint density at radius 3 is 2.67 bits per heavy atom. The van der Waals surface area contributed by atoms with E-state index in [-0.39, 0.29) is 12.4 Å². The Morgan fingerprint density at radius 2 is 2.00 bits per heavy atom. The molecule has 1 N–H and O–H groups in total. The number of ether oxygens (including phenoxy) is 1. The van der Waals surface area contributed by atoms with Crippen molar-refractivity contribution < 1.29 is 21.9 Å². The molecule has 0 unspecified atom stereocenters. The Morgan fingerprint density at radius 1 is 1.27 bits per heavy atom. The second-order valence-electron chi connectivity index (χ2n) is 6.77. The number of hydrogen-bond acceptors (Lipinski definition) is 7. The molecule has 11 heteroatoms. The normalized spacial score (nSPS) is 12.4. The first-order chi connectivity index (χ1) is 14.1. The van der Waals surface area contributed by atoms with Crippen LogP contribution in [0.5, 0.6) is 5.75 Å². The number of imidazole rings is 1. The van der Waals surface area contributed by atoms with Gasteiger partial charge in [-0.05, 0) is 25.5 Å². The maximum atomic E-state index is 13.4. The molecule has 0 bridgehead atoms. The van der Waals surface area contributed by atoms with Crippen LogP contribution in [0.25, 0.3) is 11.0 Å². The highest BCUT2D eigenvalue weighted by molar-refractivity contribution is 7.90. The number of aryl methyl sites for hydroxylation is 1. The molecule has 0 saturated carbocycles. The van der Waals surface area contributed by atoms with Gasteiger partial charge in [0.1, 0.15) is 15.6 Å². The van der Waals surface area contributed by atoms with E-state index in [1.165, 1.54) is 12.5 Å². The van der Waals surface area contributed by atoms with Crippen LogP contribution in [0.15, 0.2) is 35.6 Å². The number of nitrogens with zero attached hydrogens (tertiary/aromatic N) is 4. The van der Waals surface area contributed by atoms with Gasteiger partial charge in [-0.3, -0.25) is 4.98 Å². The second-order valence-corrected chi connectivity index (χ2v) is 9.03. The number of anilines is 1. The number of rotatable bonds is 8. The molecule has 0 atom stereocenters. The second kappa shape index (κ2) is 8.74. The highest BCUT2D eigenvalue weighted by Crippen LogP contribution is 2.21. The number of hydrogen-bond donors (Lipinski definition) is 1. The van der Waals surface area contributed by atoms with Gasteiger partial charge in [-0.25, -0.2) is 27.6 Å². The number of hydrazone groups is 1. The van der Waals surface area contributed by atoms with Gasteiger partial charge in [0, 0.05) is 25.4 Å². The van der Waals surface area contributed by atoms with Crippen LogP contribution in [0.2, 0.25) is 0 Å². The summed E-state index contributed by atoms with van der Waals surface area (Å²) in [6.45, 7) is 2.01. The van der Waals surface area contributed by atoms with Gasteiger partial charge in [0.25, 0.3) is 0 Å². The predicted molar refractivity (Wildman–Crippen MR) is 111 cm³/mol. The molecule has 30 heavy (non-hydrogen) atoms. The molecule has 0 spiro atoms. The quantitative estimate of drug-likeness (QED) is 0.331. The molecule has 0 aliphatic carbocycles. The minimum Gasteiger partial charge on any atom is -0.492 e. The molecule has 0 radical (unpaired) electrons. The van der Waals surface area contributed by atoms with E-state index >= 15 is 0 Å². The zero-order valence-electron chi connectivity index (χ0n) is 16.7. The van der Waals surface area contributed by atoms with Crippen LogP contribution >= 0.6 is 0 Å². The first-order valence-electron chi connectivity index (χ1n) is 9.03. The molecule has 0 aliphatic heterocycles. The Bertz CT molecular complexity index is 1190. The molecule has 0 aliphatic rings. The predicted octanol–water partition coefficient (Wildman–Crippen LogP) is 2.90. The third kappa shape index (κ3) is 5.29. The first kappa shape index (κ1) is 21.6. The number of aromatic nitrogens is 3. The maximum absolute atomic E-state index is 13.4. The molecule has 0 fully saturated rings. The van der Waals surface area contributed by atoms with Crippen LogP contribution in [-0.4, -0.2) is 47.3 Å². The van der Waals surface area contributed by atoms with Gasteiger partial charge in [0.2, 0.25) is 5.95 Å². The monoisotopic (exact) mass is 437 g/mol. The average molecular weight is 437 g/mol. The summed E-state index contributed by atoms with van der Waals surface area (Å²) in [6.07, 6.45) is 3.11. The summed E-state index contributed by atoms with van der Waals surface area (Å²) in [6, 6.07) is 5.53. The maximum Gasteiger partial charge on any atom is 0.224 e. The van der Waals surface area contributed by atoms with E-state index in [1.54, 1.807) is 30.7 Å². The highest BCUT2D eigenvalue weighted by Gasteiger charge is 2.12. The fourth-order valence-corrected chi connectivity index (χ4v) is 3.31. The van der Waals surface area contributed by atoms with Gasteiger partial charge in [0.05, 0.1) is 41.0 Å². The fourth-order valence-electron chi connectivity index (χ4n) is 2.67. The van der Waals surface area contributed by atoms with Crippen LogP contribution in [0.3, 0.4) is 0 Å². The van der Waals surface area contributed by atoms with Crippen molar-refractivity contribution in [3.8, 4) is 5.75 Å².